The molecule has 0 N–H and O–H groups in total. The Morgan fingerprint density at radius 2 is 2.00 bits per heavy atom. The molecule has 6 heteroatoms. The second-order valence-corrected chi connectivity index (χ2v) is 5.55. The number of halogens is 1. The molecule has 0 aliphatic carbocycles. The Hall–Kier alpha value is -0.220. The smallest absolute Gasteiger partial charge is 0.304 e. The largest absolute Gasteiger partial charge is 0.379 e. The zero-order valence-corrected chi connectivity index (χ0v) is 11.1. The normalized spacial score (nSPS) is 11.7. The number of nitrogens with zero attached hydrogens (tertiary/aromatic N) is 1. The van der Waals surface area contributed by atoms with Gasteiger partial charge in [0.1, 0.15) is 0 Å². The molecule has 0 fully saturated rings. The second-order valence-electron chi connectivity index (χ2n) is 2.67. The van der Waals surface area contributed by atoms with Gasteiger partial charge in [-0.2, -0.15) is 0 Å². The maximum Gasteiger partial charge on any atom is 0.379 e. The first-order chi connectivity index (χ1) is 7.12. The first-order valence-corrected chi connectivity index (χ1v) is 6.97. The van der Waals surface area contributed by atoms with Gasteiger partial charge in [0.2, 0.25) is 0 Å². The van der Waals surface area contributed by atoms with Gasteiger partial charge < -0.3 is 9.05 Å². The maximum absolute atomic E-state index is 12.2. The predicted octanol–water partition coefficient (Wildman–Crippen LogP) is 2.74. The number of hydrogen-bond donors (Lipinski definition) is 0. The Balaban J connectivity index is 3.03. The second kappa shape index (κ2) is 5.75. The van der Waals surface area contributed by atoms with Gasteiger partial charge in [0.15, 0.2) is 5.44 Å². The van der Waals surface area contributed by atoms with Gasteiger partial charge in [-0.3, -0.25) is 4.57 Å². The standard InChI is InChI=1S/C9H13BrNO3P/c1-3-13-15(12,14-4-2)9-7-8(10)5-6-11-9/h5-7H,3-4H2,1-2H3. The minimum atomic E-state index is -3.24. The van der Waals surface area contributed by atoms with Crippen LogP contribution in [0.1, 0.15) is 13.8 Å². The van der Waals surface area contributed by atoms with Crippen LogP contribution in [0.15, 0.2) is 22.8 Å². The van der Waals surface area contributed by atoms with Crippen LogP contribution in [0.25, 0.3) is 0 Å². The molecule has 0 spiro atoms. The molecule has 0 atom stereocenters. The molecule has 0 aromatic carbocycles. The first kappa shape index (κ1) is 12.8. The Morgan fingerprint density at radius 1 is 1.40 bits per heavy atom. The lowest BCUT2D eigenvalue weighted by Crippen LogP contribution is -2.13. The number of hydrogen-bond acceptors (Lipinski definition) is 4. The topological polar surface area (TPSA) is 48.4 Å². The third-order valence-electron chi connectivity index (χ3n) is 1.59. The summed E-state index contributed by atoms with van der Waals surface area (Å²) in [6, 6.07) is 3.40. The van der Waals surface area contributed by atoms with E-state index in [0.717, 1.165) is 4.47 Å². The fourth-order valence-corrected chi connectivity index (χ4v) is 3.09. The maximum atomic E-state index is 12.2. The fraction of sp³-hybridized carbons (Fsp3) is 0.444. The monoisotopic (exact) mass is 293 g/mol. The van der Waals surface area contributed by atoms with Crippen LogP contribution >= 0.6 is 23.5 Å². The molecule has 0 aliphatic rings. The van der Waals surface area contributed by atoms with E-state index in [1.54, 1.807) is 32.2 Å². The summed E-state index contributed by atoms with van der Waals surface area (Å²) in [5, 5.41) is 0. The molecule has 1 aromatic heterocycles. The van der Waals surface area contributed by atoms with Gasteiger partial charge >= 0.3 is 7.60 Å². The molecule has 0 bridgehead atoms. The van der Waals surface area contributed by atoms with Gasteiger partial charge in [-0.15, -0.1) is 0 Å². The molecule has 0 amide bonds. The lowest BCUT2D eigenvalue weighted by molar-refractivity contribution is 0.229. The van der Waals surface area contributed by atoms with E-state index in [1.807, 2.05) is 0 Å². The zero-order chi connectivity index (χ0) is 11.3. The summed E-state index contributed by atoms with van der Waals surface area (Å²) < 4.78 is 23.4. The van der Waals surface area contributed by atoms with Crippen molar-refractivity contribution in [1.29, 1.82) is 0 Å². The van der Waals surface area contributed by atoms with Crippen molar-refractivity contribution in [3.05, 3.63) is 22.8 Å². The summed E-state index contributed by atoms with van der Waals surface area (Å²) >= 11 is 3.28. The Labute approximate surface area is 97.7 Å². The number of rotatable bonds is 5. The van der Waals surface area contributed by atoms with Crippen LogP contribution in [0.2, 0.25) is 0 Å². The van der Waals surface area contributed by atoms with E-state index in [2.05, 4.69) is 20.9 Å². The molecule has 4 nitrogen and oxygen atoms in total. The van der Waals surface area contributed by atoms with Crippen LogP contribution in [0.5, 0.6) is 0 Å². The van der Waals surface area contributed by atoms with Crippen molar-refractivity contribution in [1.82, 2.24) is 4.98 Å². The van der Waals surface area contributed by atoms with Crippen molar-refractivity contribution >= 4 is 29.0 Å². The molecule has 0 unspecified atom stereocenters. The Morgan fingerprint density at radius 3 is 2.47 bits per heavy atom. The molecular formula is C9H13BrNO3P. The van der Waals surface area contributed by atoms with E-state index in [-0.39, 0.29) is 0 Å². The lowest BCUT2D eigenvalue weighted by atomic mass is 10.5. The highest BCUT2D eigenvalue weighted by Gasteiger charge is 2.28. The quantitative estimate of drug-likeness (QED) is 0.783. The van der Waals surface area contributed by atoms with E-state index >= 15 is 0 Å². The Kier molecular flexibility index (Phi) is 4.93. The van der Waals surface area contributed by atoms with Gasteiger partial charge in [-0.1, -0.05) is 15.9 Å². The molecule has 0 saturated heterocycles. The van der Waals surface area contributed by atoms with E-state index in [0.29, 0.717) is 18.6 Å². The van der Waals surface area contributed by atoms with Crippen LogP contribution in [0, 0.1) is 0 Å². The molecule has 0 saturated carbocycles. The summed E-state index contributed by atoms with van der Waals surface area (Å²) in [7, 11) is -3.24. The highest BCUT2D eigenvalue weighted by Crippen LogP contribution is 2.46. The highest BCUT2D eigenvalue weighted by molar-refractivity contribution is 9.10. The molecule has 84 valence electrons. The summed E-state index contributed by atoms with van der Waals surface area (Å²) in [4.78, 5) is 4.01. The molecule has 15 heavy (non-hydrogen) atoms. The van der Waals surface area contributed by atoms with Gasteiger partial charge in [0.25, 0.3) is 0 Å². The van der Waals surface area contributed by atoms with E-state index < -0.39 is 7.60 Å². The highest BCUT2D eigenvalue weighted by atomic mass is 79.9. The molecule has 1 rings (SSSR count). The average Bonchev–Trinajstić information content (AvgIpc) is 2.18. The average molecular weight is 294 g/mol. The molecule has 0 aliphatic heterocycles. The van der Waals surface area contributed by atoms with Crippen molar-refractivity contribution in [3.63, 3.8) is 0 Å². The third-order valence-corrected chi connectivity index (χ3v) is 4.08. The van der Waals surface area contributed by atoms with Crippen molar-refractivity contribution in [3.8, 4) is 0 Å². The SMILES string of the molecule is CCOP(=O)(OCC)c1cc(Br)ccn1. The van der Waals surface area contributed by atoms with Crippen molar-refractivity contribution in [2.24, 2.45) is 0 Å². The summed E-state index contributed by atoms with van der Waals surface area (Å²) in [6.07, 6.45) is 1.56. The van der Waals surface area contributed by atoms with E-state index in [9.17, 15) is 4.57 Å². The van der Waals surface area contributed by atoms with Gasteiger partial charge in [-0.25, -0.2) is 4.98 Å². The van der Waals surface area contributed by atoms with Crippen molar-refractivity contribution in [2.45, 2.75) is 13.8 Å². The number of pyridine rings is 1. The minimum Gasteiger partial charge on any atom is -0.304 e. The van der Waals surface area contributed by atoms with Crippen molar-refractivity contribution in [2.75, 3.05) is 13.2 Å². The van der Waals surface area contributed by atoms with Crippen LogP contribution in [0.4, 0.5) is 0 Å². The summed E-state index contributed by atoms with van der Waals surface area (Å²) in [6.45, 7) is 4.18. The van der Waals surface area contributed by atoms with Gasteiger partial charge in [0, 0.05) is 10.7 Å². The zero-order valence-electron chi connectivity index (χ0n) is 8.64. The molecule has 1 aromatic rings. The van der Waals surface area contributed by atoms with Crippen LogP contribution in [-0.2, 0) is 13.6 Å². The van der Waals surface area contributed by atoms with Crippen LogP contribution in [0.3, 0.4) is 0 Å². The lowest BCUT2D eigenvalue weighted by Gasteiger charge is -2.15. The molecular weight excluding hydrogens is 281 g/mol. The third kappa shape index (κ3) is 3.38. The van der Waals surface area contributed by atoms with Crippen LogP contribution in [-0.4, -0.2) is 18.2 Å². The van der Waals surface area contributed by atoms with Crippen LogP contribution < -0.4 is 5.44 Å². The molecule has 0 radical (unpaired) electrons. The first-order valence-electron chi connectivity index (χ1n) is 4.63. The molecule has 1 heterocycles. The van der Waals surface area contributed by atoms with E-state index in [1.165, 1.54) is 0 Å². The fourth-order valence-electron chi connectivity index (χ4n) is 1.05. The predicted molar refractivity (Wildman–Crippen MR) is 62.4 cm³/mol. The van der Waals surface area contributed by atoms with E-state index in [4.69, 9.17) is 9.05 Å². The summed E-state index contributed by atoms with van der Waals surface area (Å²) in [5.41, 5.74) is 0.334. The minimum absolute atomic E-state index is 0.325. The van der Waals surface area contributed by atoms with Gasteiger partial charge in [0.05, 0.1) is 13.2 Å². The van der Waals surface area contributed by atoms with Crippen molar-refractivity contribution < 1.29 is 13.6 Å². The summed E-state index contributed by atoms with van der Waals surface area (Å²) in [5.74, 6) is 0. The number of aromatic nitrogens is 1. The Bertz CT molecular complexity index is 362. The van der Waals surface area contributed by atoms with Gasteiger partial charge in [-0.05, 0) is 26.0 Å².